The number of benzene rings is 1. The van der Waals surface area contributed by atoms with Gasteiger partial charge in [-0.1, -0.05) is 18.2 Å². The van der Waals surface area contributed by atoms with Crippen LogP contribution in [0.4, 0.5) is 0 Å². The van der Waals surface area contributed by atoms with Gasteiger partial charge in [-0.05, 0) is 23.4 Å². The first-order chi connectivity index (χ1) is 8.83. The Morgan fingerprint density at radius 2 is 2.00 bits per heavy atom. The lowest BCUT2D eigenvalue weighted by molar-refractivity contribution is -0.123. The number of carbonyl (C=O) groups excluding carboxylic acids is 1. The van der Waals surface area contributed by atoms with E-state index >= 15 is 0 Å². The molecule has 3 heteroatoms. The van der Waals surface area contributed by atoms with Crippen molar-refractivity contribution in [3.05, 3.63) is 34.7 Å². The fraction of sp³-hybridized carbons (Fsp3) is 0.400. The monoisotopic (exact) mass is 257 g/mol. The predicted octanol–water partition coefficient (Wildman–Crippen LogP) is 3.16. The van der Waals surface area contributed by atoms with E-state index in [2.05, 4.69) is 29.2 Å². The number of hydrogen-bond acceptors (Lipinski definition) is 3. The second-order valence-electron chi connectivity index (χ2n) is 5.24. The minimum atomic E-state index is 0.368. The van der Waals surface area contributed by atoms with Crippen LogP contribution in [0.1, 0.15) is 29.3 Å². The summed E-state index contributed by atoms with van der Waals surface area (Å²) in [5.74, 6) is 0.432. The minimum absolute atomic E-state index is 0.368. The number of Topliss-reactive ketones (excluding diaryl/α,β-unsaturated/α-hetero) is 1. The van der Waals surface area contributed by atoms with Gasteiger partial charge in [0.2, 0.25) is 0 Å². The van der Waals surface area contributed by atoms with Gasteiger partial charge in [-0.2, -0.15) is 0 Å². The van der Waals surface area contributed by atoms with Gasteiger partial charge in [0.05, 0.1) is 6.04 Å². The zero-order valence-corrected chi connectivity index (χ0v) is 11.0. The van der Waals surface area contributed by atoms with Crippen LogP contribution >= 0.6 is 11.3 Å². The fourth-order valence-electron chi connectivity index (χ4n) is 3.30. The van der Waals surface area contributed by atoms with Gasteiger partial charge < -0.3 is 0 Å². The summed E-state index contributed by atoms with van der Waals surface area (Å²) in [6.45, 7) is 2.07. The van der Waals surface area contributed by atoms with Crippen LogP contribution in [0.5, 0.6) is 0 Å². The summed E-state index contributed by atoms with van der Waals surface area (Å²) < 4.78 is 1.38. The first kappa shape index (κ1) is 10.7. The number of piperidine rings is 1. The van der Waals surface area contributed by atoms with Gasteiger partial charge in [-0.15, -0.1) is 11.3 Å². The SMILES string of the molecule is O=C1CCN2CCc3c(sc4ccccc34)[C@H]2C1. The summed E-state index contributed by atoms with van der Waals surface area (Å²) in [4.78, 5) is 15.7. The van der Waals surface area contributed by atoms with E-state index in [0.717, 1.165) is 32.4 Å². The maximum atomic E-state index is 11.7. The lowest BCUT2D eigenvalue weighted by Gasteiger charge is -2.38. The molecule has 1 aromatic carbocycles. The van der Waals surface area contributed by atoms with Gasteiger partial charge in [-0.3, -0.25) is 9.69 Å². The molecule has 2 nitrogen and oxygen atoms in total. The smallest absolute Gasteiger partial charge is 0.136 e. The molecule has 0 saturated carbocycles. The third kappa shape index (κ3) is 1.47. The van der Waals surface area contributed by atoms with E-state index in [1.165, 1.54) is 20.5 Å². The number of carbonyl (C=O) groups is 1. The summed E-state index contributed by atoms with van der Waals surface area (Å²) >= 11 is 1.89. The highest BCUT2D eigenvalue weighted by molar-refractivity contribution is 7.19. The van der Waals surface area contributed by atoms with E-state index in [9.17, 15) is 4.79 Å². The third-order valence-electron chi connectivity index (χ3n) is 4.22. The summed E-state index contributed by atoms with van der Waals surface area (Å²) in [5.41, 5.74) is 1.51. The largest absolute Gasteiger partial charge is 0.300 e. The Balaban J connectivity index is 1.88. The molecule has 0 unspecified atom stereocenters. The molecule has 1 fully saturated rings. The first-order valence-corrected chi connectivity index (χ1v) is 7.40. The lowest BCUT2D eigenvalue weighted by atomic mass is 9.91. The van der Waals surface area contributed by atoms with Gasteiger partial charge >= 0.3 is 0 Å². The van der Waals surface area contributed by atoms with Crippen molar-refractivity contribution in [2.45, 2.75) is 25.3 Å². The molecule has 92 valence electrons. The fourth-order valence-corrected chi connectivity index (χ4v) is 4.69. The molecule has 3 heterocycles. The van der Waals surface area contributed by atoms with E-state index in [1.807, 2.05) is 11.3 Å². The van der Waals surface area contributed by atoms with Gasteiger partial charge in [0.25, 0.3) is 0 Å². The summed E-state index contributed by atoms with van der Waals surface area (Å²) in [6, 6.07) is 9.02. The molecular formula is C15H15NOS. The summed E-state index contributed by atoms with van der Waals surface area (Å²) in [6.07, 6.45) is 2.61. The molecule has 4 rings (SSSR count). The number of rotatable bonds is 0. The Kier molecular flexibility index (Phi) is 2.32. The molecule has 2 aliphatic rings. The van der Waals surface area contributed by atoms with Crippen LogP contribution in [0.3, 0.4) is 0 Å². The molecule has 0 radical (unpaired) electrons. The second-order valence-corrected chi connectivity index (χ2v) is 6.32. The van der Waals surface area contributed by atoms with Crippen molar-refractivity contribution in [1.82, 2.24) is 4.90 Å². The maximum Gasteiger partial charge on any atom is 0.136 e. The molecule has 0 amide bonds. The van der Waals surface area contributed by atoms with Crippen molar-refractivity contribution in [2.75, 3.05) is 13.1 Å². The Hall–Kier alpha value is -1.19. The highest BCUT2D eigenvalue weighted by Gasteiger charge is 2.34. The topological polar surface area (TPSA) is 20.3 Å². The third-order valence-corrected chi connectivity index (χ3v) is 5.54. The van der Waals surface area contributed by atoms with Gasteiger partial charge in [0.15, 0.2) is 0 Å². The van der Waals surface area contributed by atoms with Crippen molar-refractivity contribution < 1.29 is 4.79 Å². The Bertz CT molecular complexity index is 630. The van der Waals surface area contributed by atoms with Crippen molar-refractivity contribution >= 4 is 27.2 Å². The van der Waals surface area contributed by atoms with Crippen molar-refractivity contribution in [1.29, 1.82) is 0 Å². The molecule has 2 aromatic rings. The van der Waals surface area contributed by atoms with Crippen LogP contribution in [0.25, 0.3) is 10.1 Å². The number of fused-ring (bicyclic) bond motifs is 5. The van der Waals surface area contributed by atoms with Crippen LogP contribution in [0.2, 0.25) is 0 Å². The quantitative estimate of drug-likeness (QED) is 0.722. The van der Waals surface area contributed by atoms with Crippen LogP contribution in [0.15, 0.2) is 24.3 Å². The first-order valence-electron chi connectivity index (χ1n) is 6.59. The van der Waals surface area contributed by atoms with Crippen LogP contribution < -0.4 is 0 Å². The molecule has 1 atom stereocenters. The lowest BCUT2D eigenvalue weighted by Crippen LogP contribution is -2.40. The minimum Gasteiger partial charge on any atom is -0.300 e. The molecule has 2 aliphatic heterocycles. The number of nitrogens with zero attached hydrogens (tertiary/aromatic N) is 1. The van der Waals surface area contributed by atoms with E-state index in [-0.39, 0.29) is 0 Å². The van der Waals surface area contributed by atoms with E-state index in [4.69, 9.17) is 0 Å². The molecule has 1 saturated heterocycles. The predicted molar refractivity (Wildman–Crippen MR) is 74.1 cm³/mol. The molecule has 18 heavy (non-hydrogen) atoms. The molecule has 0 aliphatic carbocycles. The average Bonchev–Trinajstić information content (AvgIpc) is 2.78. The molecular weight excluding hydrogens is 242 g/mol. The number of hydrogen-bond donors (Lipinski definition) is 0. The van der Waals surface area contributed by atoms with E-state index in [1.54, 1.807) is 0 Å². The maximum absolute atomic E-state index is 11.7. The number of ketones is 1. The Morgan fingerprint density at radius 1 is 1.17 bits per heavy atom. The zero-order chi connectivity index (χ0) is 12.1. The second kappa shape index (κ2) is 3.90. The van der Waals surface area contributed by atoms with Crippen LogP contribution in [-0.4, -0.2) is 23.8 Å². The van der Waals surface area contributed by atoms with Crippen molar-refractivity contribution in [2.24, 2.45) is 0 Å². The Labute approximate surface area is 110 Å². The van der Waals surface area contributed by atoms with Crippen molar-refractivity contribution in [3.63, 3.8) is 0 Å². The van der Waals surface area contributed by atoms with Crippen LogP contribution in [0, 0.1) is 0 Å². The molecule has 0 bridgehead atoms. The molecule has 1 aromatic heterocycles. The van der Waals surface area contributed by atoms with Crippen LogP contribution in [-0.2, 0) is 11.2 Å². The highest BCUT2D eigenvalue weighted by atomic mass is 32.1. The standard InChI is InChI=1S/C15H15NOS/c17-10-5-7-16-8-6-12-11-3-1-2-4-14(11)18-15(12)13(16)9-10/h1-4,13H,5-9H2/t13-/m1/s1. The molecule has 0 N–H and O–H groups in total. The van der Waals surface area contributed by atoms with Gasteiger partial charge in [0, 0.05) is 35.5 Å². The molecule has 0 spiro atoms. The average molecular weight is 257 g/mol. The normalized spacial score (nSPS) is 24.0. The summed E-state index contributed by atoms with van der Waals surface area (Å²) in [7, 11) is 0. The van der Waals surface area contributed by atoms with Gasteiger partial charge in [-0.25, -0.2) is 0 Å². The van der Waals surface area contributed by atoms with Crippen molar-refractivity contribution in [3.8, 4) is 0 Å². The van der Waals surface area contributed by atoms with E-state index in [0.29, 0.717) is 11.8 Å². The summed E-state index contributed by atoms with van der Waals surface area (Å²) in [5, 5.41) is 1.41. The number of thiophene rings is 1. The van der Waals surface area contributed by atoms with E-state index < -0.39 is 0 Å². The zero-order valence-electron chi connectivity index (χ0n) is 10.2. The Morgan fingerprint density at radius 3 is 2.94 bits per heavy atom. The van der Waals surface area contributed by atoms with Gasteiger partial charge in [0.1, 0.15) is 5.78 Å². The highest BCUT2D eigenvalue weighted by Crippen LogP contribution is 2.43.